The number of fused-ring (bicyclic) bond motifs is 1. The molecule has 2 N–H and O–H groups in total. The lowest BCUT2D eigenvalue weighted by molar-refractivity contribution is -0.129. The Kier molecular flexibility index (Phi) is 4.26. The molecule has 0 bridgehead atoms. The molecule has 2 atom stereocenters. The third-order valence-corrected chi connectivity index (χ3v) is 5.14. The minimum absolute atomic E-state index is 0.0285. The number of amides is 1. The average Bonchev–Trinajstić information content (AvgIpc) is 3.20. The number of aliphatic hydroxyl groups excluding tert-OH is 1. The Morgan fingerprint density at radius 2 is 2.04 bits per heavy atom. The lowest BCUT2D eigenvalue weighted by Gasteiger charge is -2.33. The van der Waals surface area contributed by atoms with Crippen molar-refractivity contribution in [1.82, 2.24) is 14.8 Å². The number of aromatic nitrogens is 1. The van der Waals surface area contributed by atoms with Gasteiger partial charge in [-0.1, -0.05) is 18.2 Å². The number of likely N-dealkylation sites (tertiary alicyclic amines) is 1. The van der Waals surface area contributed by atoms with Crippen LogP contribution >= 0.6 is 0 Å². The first-order valence-corrected chi connectivity index (χ1v) is 8.55. The third-order valence-electron chi connectivity index (χ3n) is 5.14. The second-order valence-electron chi connectivity index (χ2n) is 6.62. The Bertz CT molecular complexity index is 723. The molecule has 0 aliphatic carbocycles. The molecule has 0 saturated carbocycles. The fraction of sp³-hybridized carbons (Fsp3) is 0.500. The Morgan fingerprint density at radius 3 is 2.88 bits per heavy atom. The first-order valence-electron chi connectivity index (χ1n) is 8.55. The standard InChI is InChI=1S/C18H23N3O3/c22-17-12-21(11-16(17)20-5-7-24-8-6-20)18(23)9-13-10-19-15-4-2-1-3-14(13)15/h1-4,10,16-17,19,22H,5-9,11-12H2/t16-,17-/m0/s1. The second kappa shape index (κ2) is 6.55. The number of H-pyrrole nitrogens is 1. The number of nitrogens with one attached hydrogen (secondary N) is 1. The Morgan fingerprint density at radius 1 is 1.25 bits per heavy atom. The highest BCUT2D eigenvalue weighted by molar-refractivity contribution is 5.89. The van der Waals surface area contributed by atoms with E-state index in [1.807, 2.05) is 30.5 Å². The quantitative estimate of drug-likeness (QED) is 0.866. The fourth-order valence-corrected chi connectivity index (χ4v) is 3.79. The summed E-state index contributed by atoms with van der Waals surface area (Å²) < 4.78 is 5.37. The number of hydrogen-bond acceptors (Lipinski definition) is 4. The number of hydrogen-bond donors (Lipinski definition) is 2. The maximum atomic E-state index is 12.7. The van der Waals surface area contributed by atoms with E-state index in [9.17, 15) is 9.90 Å². The molecule has 2 aromatic rings. The van der Waals surface area contributed by atoms with Gasteiger partial charge in [0.1, 0.15) is 0 Å². The number of carbonyl (C=O) groups excluding carboxylic acids is 1. The maximum Gasteiger partial charge on any atom is 0.227 e. The topological polar surface area (TPSA) is 68.8 Å². The number of β-amino-alcohol motifs (C(OH)–C–C–N with tert-alkyl or cyclic N) is 1. The lowest BCUT2D eigenvalue weighted by Crippen LogP contribution is -2.49. The molecule has 3 heterocycles. The number of nitrogens with zero attached hydrogens (tertiary/aromatic N) is 2. The predicted octanol–water partition coefficient (Wildman–Crippen LogP) is 0.614. The molecule has 0 unspecified atom stereocenters. The van der Waals surface area contributed by atoms with Crippen LogP contribution in [0, 0.1) is 0 Å². The van der Waals surface area contributed by atoms with Crippen LogP contribution in [0.5, 0.6) is 0 Å². The molecule has 2 fully saturated rings. The highest BCUT2D eigenvalue weighted by Gasteiger charge is 2.38. The molecule has 1 amide bonds. The van der Waals surface area contributed by atoms with Gasteiger partial charge in [-0.05, 0) is 11.6 Å². The second-order valence-corrected chi connectivity index (χ2v) is 6.62. The van der Waals surface area contributed by atoms with E-state index >= 15 is 0 Å². The summed E-state index contributed by atoms with van der Waals surface area (Å²) in [6.07, 6.45) is 1.80. The number of aromatic amines is 1. The van der Waals surface area contributed by atoms with Gasteiger partial charge in [-0.25, -0.2) is 0 Å². The van der Waals surface area contributed by atoms with Gasteiger partial charge in [-0.15, -0.1) is 0 Å². The molecule has 4 rings (SSSR count). The van der Waals surface area contributed by atoms with E-state index in [0.717, 1.165) is 29.6 Å². The van der Waals surface area contributed by atoms with Crippen molar-refractivity contribution in [1.29, 1.82) is 0 Å². The van der Waals surface area contributed by atoms with Crippen molar-refractivity contribution in [2.24, 2.45) is 0 Å². The molecule has 0 spiro atoms. The summed E-state index contributed by atoms with van der Waals surface area (Å²) in [7, 11) is 0. The number of para-hydroxylation sites is 1. The van der Waals surface area contributed by atoms with E-state index in [1.54, 1.807) is 4.90 Å². The molecule has 2 aliphatic rings. The van der Waals surface area contributed by atoms with Crippen LogP contribution in [-0.2, 0) is 16.0 Å². The van der Waals surface area contributed by atoms with Crippen LogP contribution in [0.1, 0.15) is 5.56 Å². The summed E-state index contributed by atoms with van der Waals surface area (Å²) in [6.45, 7) is 4.07. The summed E-state index contributed by atoms with van der Waals surface area (Å²) >= 11 is 0. The highest BCUT2D eigenvalue weighted by Crippen LogP contribution is 2.22. The van der Waals surface area contributed by atoms with E-state index in [0.29, 0.717) is 32.7 Å². The van der Waals surface area contributed by atoms with Crippen molar-refractivity contribution in [2.75, 3.05) is 39.4 Å². The van der Waals surface area contributed by atoms with Gasteiger partial charge in [0.05, 0.1) is 31.8 Å². The van der Waals surface area contributed by atoms with Crippen molar-refractivity contribution in [3.8, 4) is 0 Å². The summed E-state index contributed by atoms with van der Waals surface area (Å²) in [6, 6.07) is 8.04. The van der Waals surface area contributed by atoms with Gasteiger partial charge in [0.2, 0.25) is 5.91 Å². The Labute approximate surface area is 141 Å². The molecule has 1 aromatic heterocycles. The van der Waals surface area contributed by atoms with Crippen molar-refractivity contribution in [3.63, 3.8) is 0 Å². The van der Waals surface area contributed by atoms with Gasteiger partial charge in [-0.2, -0.15) is 0 Å². The summed E-state index contributed by atoms with van der Waals surface area (Å²) in [5.41, 5.74) is 2.06. The number of aliphatic hydroxyl groups is 1. The molecule has 6 heteroatoms. The van der Waals surface area contributed by atoms with E-state index in [4.69, 9.17) is 4.74 Å². The highest BCUT2D eigenvalue weighted by atomic mass is 16.5. The van der Waals surface area contributed by atoms with Crippen molar-refractivity contribution < 1.29 is 14.6 Å². The van der Waals surface area contributed by atoms with Crippen LogP contribution in [0.15, 0.2) is 30.5 Å². The molecular formula is C18H23N3O3. The van der Waals surface area contributed by atoms with Crippen LogP contribution < -0.4 is 0 Å². The first-order chi connectivity index (χ1) is 11.7. The normalized spacial score (nSPS) is 25.5. The minimum atomic E-state index is -0.477. The summed E-state index contributed by atoms with van der Waals surface area (Å²) in [4.78, 5) is 19.9. The zero-order valence-corrected chi connectivity index (χ0v) is 13.6. The van der Waals surface area contributed by atoms with Gasteiger partial charge in [0.15, 0.2) is 0 Å². The number of ether oxygens (including phenoxy) is 1. The SMILES string of the molecule is O=C(Cc1c[nH]c2ccccc12)N1C[C@H](O)[C@@H](N2CCOCC2)C1. The zero-order valence-electron chi connectivity index (χ0n) is 13.6. The molecule has 2 saturated heterocycles. The third kappa shape index (κ3) is 2.92. The number of morpholine rings is 1. The van der Waals surface area contributed by atoms with E-state index < -0.39 is 6.10 Å². The molecule has 6 nitrogen and oxygen atoms in total. The molecule has 0 radical (unpaired) electrons. The van der Waals surface area contributed by atoms with Gasteiger partial charge in [0.25, 0.3) is 0 Å². The summed E-state index contributed by atoms with van der Waals surface area (Å²) in [5, 5.41) is 11.5. The average molecular weight is 329 g/mol. The zero-order chi connectivity index (χ0) is 16.5. The number of benzene rings is 1. The van der Waals surface area contributed by atoms with Gasteiger partial charge >= 0.3 is 0 Å². The van der Waals surface area contributed by atoms with Gasteiger partial charge in [-0.3, -0.25) is 9.69 Å². The summed E-state index contributed by atoms with van der Waals surface area (Å²) in [5.74, 6) is 0.0783. The molecular weight excluding hydrogens is 306 g/mol. The first kappa shape index (κ1) is 15.6. The van der Waals surface area contributed by atoms with Crippen molar-refractivity contribution in [3.05, 3.63) is 36.0 Å². The van der Waals surface area contributed by atoms with E-state index in [-0.39, 0.29) is 11.9 Å². The van der Waals surface area contributed by atoms with Crippen LogP contribution in [0.25, 0.3) is 10.9 Å². The van der Waals surface area contributed by atoms with E-state index in [2.05, 4.69) is 9.88 Å². The molecule has 1 aromatic carbocycles. The van der Waals surface area contributed by atoms with Gasteiger partial charge < -0.3 is 19.7 Å². The van der Waals surface area contributed by atoms with Crippen molar-refractivity contribution >= 4 is 16.8 Å². The number of rotatable bonds is 3. The molecule has 128 valence electrons. The largest absolute Gasteiger partial charge is 0.390 e. The van der Waals surface area contributed by atoms with Crippen LogP contribution in [0.2, 0.25) is 0 Å². The van der Waals surface area contributed by atoms with Crippen LogP contribution in [0.3, 0.4) is 0 Å². The maximum absolute atomic E-state index is 12.7. The Hall–Kier alpha value is -1.89. The lowest BCUT2D eigenvalue weighted by atomic mass is 10.1. The molecule has 2 aliphatic heterocycles. The fourth-order valence-electron chi connectivity index (χ4n) is 3.79. The smallest absolute Gasteiger partial charge is 0.227 e. The monoisotopic (exact) mass is 329 g/mol. The number of carbonyl (C=O) groups is 1. The van der Waals surface area contributed by atoms with Crippen LogP contribution in [0.4, 0.5) is 0 Å². The van der Waals surface area contributed by atoms with Crippen LogP contribution in [-0.4, -0.2) is 77.3 Å². The predicted molar refractivity (Wildman–Crippen MR) is 90.8 cm³/mol. The van der Waals surface area contributed by atoms with Gasteiger partial charge in [0, 0.05) is 43.3 Å². The molecule has 24 heavy (non-hydrogen) atoms. The minimum Gasteiger partial charge on any atom is -0.390 e. The van der Waals surface area contributed by atoms with Crippen molar-refractivity contribution in [2.45, 2.75) is 18.6 Å². The van der Waals surface area contributed by atoms with E-state index in [1.165, 1.54) is 0 Å². The Balaban J connectivity index is 1.43.